The van der Waals surface area contributed by atoms with Gasteiger partial charge in [0.05, 0.1) is 24.5 Å². The van der Waals surface area contributed by atoms with E-state index < -0.39 is 0 Å². The zero-order valence-electron chi connectivity index (χ0n) is 22.8. The zero-order valence-corrected chi connectivity index (χ0v) is 22.8. The molecular formula is C33H30FN5O2. The van der Waals surface area contributed by atoms with Gasteiger partial charge < -0.3 is 14.5 Å². The van der Waals surface area contributed by atoms with E-state index in [9.17, 15) is 4.39 Å². The first-order chi connectivity index (χ1) is 20.1. The first-order valence-electron chi connectivity index (χ1n) is 13.9. The maximum absolute atomic E-state index is 14.7. The van der Waals surface area contributed by atoms with E-state index in [1.165, 1.54) is 18.9 Å². The van der Waals surface area contributed by atoms with Crippen molar-refractivity contribution >= 4 is 21.8 Å². The third-order valence-corrected chi connectivity index (χ3v) is 7.82. The lowest BCUT2D eigenvalue weighted by Crippen LogP contribution is -2.25. The summed E-state index contributed by atoms with van der Waals surface area (Å²) in [7, 11) is 1.63. The van der Waals surface area contributed by atoms with Crippen LogP contribution in [0.15, 0.2) is 79.1 Å². The molecule has 0 spiro atoms. The van der Waals surface area contributed by atoms with E-state index >= 15 is 0 Å². The molecule has 3 aromatic carbocycles. The summed E-state index contributed by atoms with van der Waals surface area (Å²) in [5.74, 6) is 0.935. The molecule has 0 saturated carbocycles. The maximum Gasteiger partial charge on any atom is 0.137 e. The number of aromatic nitrogens is 4. The SMILES string of the molecule is COc1cncc(-c2ccc3[nH]nc(-c4cc5c(-c6cc(F)cc(OCCN7CCCC7)c6)cccc5[nH]4)c3c2)c1. The Bertz CT molecular complexity index is 1850. The summed E-state index contributed by atoms with van der Waals surface area (Å²) in [4.78, 5) is 10.2. The lowest BCUT2D eigenvalue weighted by Gasteiger charge is -2.15. The Morgan fingerprint density at radius 1 is 0.854 bits per heavy atom. The van der Waals surface area contributed by atoms with Gasteiger partial charge in [0, 0.05) is 40.7 Å². The molecule has 1 aliphatic heterocycles. The van der Waals surface area contributed by atoms with Crippen molar-refractivity contribution in [3.63, 3.8) is 0 Å². The van der Waals surface area contributed by atoms with Gasteiger partial charge in [-0.05, 0) is 85.1 Å². The van der Waals surface area contributed by atoms with Crippen LogP contribution in [-0.2, 0) is 0 Å². The highest BCUT2D eigenvalue weighted by molar-refractivity contribution is 6.02. The number of nitrogens with zero attached hydrogens (tertiary/aromatic N) is 3. The molecule has 41 heavy (non-hydrogen) atoms. The number of halogens is 1. The van der Waals surface area contributed by atoms with Gasteiger partial charge in [-0.15, -0.1) is 0 Å². The normalized spacial score (nSPS) is 13.8. The number of nitrogens with one attached hydrogen (secondary N) is 2. The lowest BCUT2D eigenvalue weighted by atomic mass is 10.0. The first-order valence-corrected chi connectivity index (χ1v) is 13.9. The monoisotopic (exact) mass is 547 g/mol. The van der Waals surface area contributed by atoms with E-state index in [1.54, 1.807) is 19.4 Å². The predicted octanol–water partition coefficient (Wildman–Crippen LogP) is 7.06. The van der Waals surface area contributed by atoms with Crippen LogP contribution in [0.3, 0.4) is 0 Å². The molecule has 8 heteroatoms. The van der Waals surface area contributed by atoms with E-state index in [2.05, 4.69) is 37.2 Å². The molecule has 7 rings (SSSR count). The van der Waals surface area contributed by atoms with Crippen LogP contribution in [0.25, 0.3) is 55.4 Å². The average molecular weight is 548 g/mol. The highest BCUT2D eigenvalue weighted by Crippen LogP contribution is 2.36. The summed E-state index contributed by atoms with van der Waals surface area (Å²) < 4.78 is 26.1. The van der Waals surface area contributed by atoms with E-state index in [-0.39, 0.29) is 5.82 Å². The first kappa shape index (κ1) is 25.3. The summed E-state index contributed by atoms with van der Waals surface area (Å²) >= 11 is 0. The van der Waals surface area contributed by atoms with Gasteiger partial charge in [-0.1, -0.05) is 18.2 Å². The Labute approximate surface area is 236 Å². The number of H-pyrrole nitrogens is 2. The predicted molar refractivity (Wildman–Crippen MR) is 160 cm³/mol. The molecule has 0 amide bonds. The van der Waals surface area contributed by atoms with Crippen molar-refractivity contribution in [2.45, 2.75) is 12.8 Å². The topological polar surface area (TPSA) is 79.1 Å². The average Bonchev–Trinajstić information content (AvgIpc) is 3.76. The van der Waals surface area contributed by atoms with Crippen molar-refractivity contribution in [3.8, 4) is 45.1 Å². The molecule has 2 N–H and O–H groups in total. The molecule has 4 heterocycles. The minimum Gasteiger partial charge on any atom is -0.495 e. The van der Waals surface area contributed by atoms with Gasteiger partial charge in [-0.25, -0.2) is 4.39 Å². The van der Waals surface area contributed by atoms with Crippen molar-refractivity contribution in [2.75, 3.05) is 33.4 Å². The lowest BCUT2D eigenvalue weighted by molar-refractivity contribution is 0.237. The number of hydrogen-bond acceptors (Lipinski definition) is 5. The van der Waals surface area contributed by atoms with Gasteiger partial charge in [0.2, 0.25) is 0 Å². The number of methoxy groups -OCH3 is 1. The quantitative estimate of drug-likeness (QED) is 0.213. The number of fused-ring (bicyclic) bond motifs is 2. The van der Waals surface area contributed by atoms with Crippen LogP contribution in [0.5, 0.6) is 11.5 Å². The highest BCUT2D eigenvalue weighted by atomic mass is 19.1. The van der Waals surface area contributed by atoms with E-state index in [1.807, 2.05) is 48.7 Å². The molecule has 0 atom stereocenters. The van der Waals surface area contributed by atoms with Crippen LogP contribution < -0.4 is 9.47 Å². The van der Waals surface area contributed by atoms with Gasteiger partial charge >= 0.3 is 0 Å². The summed E-state index contributed by atoms with van der Waals surface area (Å²) in [6, 6.07) is 21.2. The largest absolute Gasteiger partial charge is 0.495 e. The second kappa shape index (κ2) is 10.7. The fraction of sp³-hybridized carbons (Fsp3) is 0.212. The van der Waals surface area contributed by atoms with Crippen molar-refractivity contribution in [1.29, 1.82) is 0 Å². The van der Waals surface area contributed by atoms with Crippen molar-refractivity contribution < 1.29 is 13.9 Å². The fourth-order valence-electron chi connectivity index (χ4n) is 5.72. The maximum atomic E-state index is 14.7. The van der Waals surface area contributed by atoms with E-state index in [0.29, 0.717) is 18.1 Å². The number of ether oxygens (including phenoxy) is 2. The fourth-order valence-corrected chi connectivity index (χ4v) is 5.72. The second-order valence-electron chi connectivity index (χ2n) is 10.5. The number of likely N-dealkylation sites (tertiary alicyclic amines) is 1. The van der Waals surface area contributed by atoms with Crippen LogP contribution in [-0.4, -0.2) is 58.4 Å². The van der Waals surface area contributed by atoms with Crippen molar-refractivity contribution in [3.05, 3.63) is 84.9 Å². The Morgan fingerprint density at radius 3 is 2.61 bits per heavy atom. The van der Waals surface area contributed by atoms with Gasteiger partial charge in [-0.3, -0.25) is 15.0 Å². The van der Waals surface area contributed by atoms with Crippen LogP contribution in [0.1, 0.15) is 12.8 Å². The number of rotatable bonds is 8. The smallest absolute Gasteiger partial charge is 0.137 e. The Morgan fingerprint density at radius 2 is 1.73 bits per heavy atom. The van der Waals surface area contributed by atoms with Crippen molar-refractivity contribution in [1.82, 2.24) is 25.1 Å². The molecule has 6 aromatic rings. The van der Waals surface area contributed by atoms with Gasteiger partial charge in [0.25, 0.3) is 0 Å². The third-order valence-electron chi connectivity index (χ3n) is 7.82. The highest BCUT2D eigenvalue weighted by Gasteiger charge is 2.16. The molecule has 1 aliphatic rings. The summed E-state index contributed by atoms with van der Waals surface area (Å²) in [5, 5.41) is 9.77. The van der Waals surface area contributed by atoms with E-state index in [0.717, 1.165) is 75.1 Å². The van der Waals surface area contributed by atoms with Crippen molar-refractivity contribution in [2.24, 2.45) is 0 Å². The number of pyridine rings is 1. The zero-order chi connectivity index (χ0) is 27.8. The molecule has 206 valence electrons. The molecule has 0 radical (unpaired) electrons. The molecule has 0 aliphatic carbocycles. The van der Waals surface area contributed by atoms with Gasteiger partial charge in [-0.2, -0.15) is 5.10 Å². The molecule has 1 fully saturated rings. The summed E-state index contributed by atoms with van der Waals surface area (Å²) in [5.41, 5.74) is 7.24. The van der Waals surface area contributed by atoms with Crippen LogP contribution >= 0.6 is 0 Å². The van der Waals surface area contributed by atoms with Gasteiger partial charge in [0.1, 0.15) is 29.6 Å². The Hall–Kier alpha value is -4.69. The Balaban J connectivity index is 1.23. The number of hydrogen-bond donors (Lipinski definition) is 2. The third kappa shape index (κ3) is 5.02. The minimum atomic E-state index is -0.315. The Kier molecular flexibility index (Phi) is 6.60. The van der Waals surface area contributed by atoms with Gasteiger partial charge in [0.15, 0.2) is 0 Å². The molecule has 7 nitrogen and oxygen atoms in total. The number of aromatic amines is 2. The van der Waals surface area contributed by atoms with Crippen LogP contribution in [0.4, 0.5) is 4.39 Å². The molecule has 0 unspecified atom stereocenters. The minimum absolute atomic E-state index is 0.315. The molecular weight excluding hydrogens is 517 g/mol. The second-order valence-corrected chi connectivity index (χ2v) is 10.5. The molecule has 3 aromatic heterocycles. The number of benzene rings is 3. The summed E-state index contributed by atoms with van der Waals surface area (Å²) in [6.45, 7) is 3.62. The standard InChI is InChI=1S/C33H30FN5O2/c1-40-26-15-23(19-35-20-26)21-7-8-31-29(16-21)33(38-37-31)32-18-28-27(5-4-6-30(28)36-32)22-13-24(34)17-25(14-22)41-12-11-39-9-2-3-10-39/h4-8,13-20,36H,2-3,9-12H2,1H3,(H,37,38). The van der Waals surface area contributed by atoms with E-state index in [4.69, 9.17) is 9.47 Å². The van der Waals surface area contributed by atoms with Crippen LogP contribution in [0.2, 0.25) is 0 Å². The summed E-state index contributed by atoms with van der Waals surface area (Å²) in [6.07, 6.45) is 5.99. The van der Waals surface area contributed by atoms with Crippen LogP contribution in [0, 0.1) is 5.82 Å². The molecule has 1 saturated heterocycles. The molecule has 0 bridgehead atoms.